The Morgan fingerprint density at radius 2 is 1.71 bits per heavy atom. The van der Waals surface area contributed by atoms with Crippen molar-refractivity contribution in [2.24, 2.45) is 0 Å². The maximum atomic E-state index is 10.3. The van der Waals surface area contributed by atoms with Gasteiger partial charge in [-0.25, -0.2) is 0 Å². The predicted molar refractivity (Wildman–Crippen MR) is 106 cm³/mol. The van der Waals surface area contributed by atoms with E-state index in [2.05, 4.69) is 0 Å². The van der Waals surface area contributed by atoms with Crippen LogP contribution < -0.4 is 0 Å². The fourth-order valence-corrected chi connectivity index (χ4v) is 3.56. The topological polar surface area (TPSA) is 114 Å². The first-order valence-corrected chi connectivity index (χ1v) is 9.43. The van der Waals surface area contributed by atoms with Gasteiger partial charge >= 0.3 is 0 Å². The van der Waals surface area contributed by atoms with E-state index in [9.17, 15) is 20.4 Å². The van der Waals surface area contributed by atoms with E-state index in [1.54, 1.807) is 25.1 Å². The highest BCUT2D eigenvalue weighted by molar-refractivity contribution is 6.31. The summed E-state index contributed by atoms with van der Waals surface area (Å²) in [6.45, 7) is 1.26. The highest BCUT2D eigenvalue weighted by Crippen LogP contribution is 2.34. The quantitative estimate of drug-likeness (QED) is 0.487. The Balaban J connectivity index is 1.85. The lowest BCUT2D eigenvalue weighted by atomic mass is 9.90. The largest absolute Gasteiger partial charge is 0.394 e. The van der Waals surface area contributed by atoms with Crippen molar-refractivity contribution >= 4 is 17.3 Å². The molecule has 1 saturated heterocycles. The van der Waals surface area contributed by atoms with Gasteiger partial charge in [0.15, 0.2) is 0 Å². The third-order valence-corrected chi connectivity index (χ3v) is 5.44. The molecule has 7 heteroatoms. The number of hydrogen-bond donors (Lipinski definition) is 5. The van der Waals surface area contributed by atoms with E-state index in [1.165, 1.54) is 0 Å². The van der Waals surface area contributed by atoms with Gasteiger partial charge in [0.1, 0.15) is 30.5 Å². The Kier molecular flexibility index (Phi) is 6.50. The molecule has 2 aromatic rings. The average molecular weight is 406 g/mol. The van der Waals surface area contributed by atoms with Gasteiger partial charge in [-0.3, -0.25) is 0 Å². The van der Waals surface area contributed by atoms with Crippen molar-refractivity contribution in [3.05, 3.63) is 69.7 Å². The van der Waals surface area contributed by atoms with Crippen LogP contribution in [0, 0.1) is 5.41 Å². The summed E-state index contributed by atoms with van der Waals surface area (Å²) in [5.41, 5.74) is 3.77. The monoisotopic (exact) mass is 405 g/mol. The van der Waals surface area contributed by atoms with E-state index >= 15 is 0 Å². The molecule has 2 aromatic carbocycles. The van der Waals surface area contributed by atoms with Crippen LogP contribution in [0.1, 0.15) is 35.3 Å². The van der Waals surface area contributed by atoms with E-state index in [1.807, 2.05) is 24.3 Å². The Hall–Kier alpha value is -1.80. The highest BCUT2D eigenvalue weighted by Gasteiger charge is 2.43. The summed E-state index contributed by atoms with van der Waals surface area (Å²) in [4.78, 5) is 0. The van der Waals surface area contributed by atoms with Crippen LogP contribution in [-0.4, -0.2) is 57.2 Å². The first-order valence-electron chi connectivity index (χ1n) is 9.05. The molecular weight excluding hydrogens is 382 g/mol. The average Bonchev–Trinajstić information content (AvgIpc) is 2.69. The molecule has 5 atom stereocenters. The first kappa shape index (κ1) is 20.9. The molecule has 0 unspecified atom stereocenters. The third kappa shape index (κ3) is 4.27. The number of aliphatic hydroxyl groups excluding tert-OH is 4. The minimum absolute atomic E-state index is 0.472. The molecule has 3 rings (SSSR count). The Labute approximate surface area is 168 Å². The van der Waals surface area contributed by atoms with Crippen molar-refractivity contribution < 1.29 is 25.2 Å². The summed E-state index contributed by atoms with van der Waals surface area (Å²) in [5.74, 6) is 0. The van der Waals surface area contributed by atoms with E-state index in [-0.39, 0.29) is 0 Å². The van der Waals surface area contributed by atoms with E-state index in [0.29, 0.717) is 22.7 Å². The molecule has 28 heavy (non-hydrogen) atoms. The number of benzene rings is 2. The minimum atomic E-state index is -1.42. The molecule has 0 amide bonds. The number of ether oxygens (including phenoxy) is 1. The molecule has 0 aromatic heterocycles. The van der Waals surface area contributed by atoms with Crippen molar-refractivity contribution in [3.63, 3.8) is 0 Å². The zero-order valence-electron chi connectivity index (χ0n) is 15.4. The van der Waals surface area contributed by atoms with Gasteiger partial charge < -0.3 is 30.6 Å². The van der Waals surface area contributed by atoms with Crippen molar-refractivity contribution in [3.8, 4) is 0 Å². The lowest BCUT2D eigenvalue weighted by Gasteiger charge is -2.40. The minimum Gasteiger partial charge on any atom is -0.394 e. The Morgan fingerprint density at radius 3 is 2.32 bits per heavy atom. The molecule has 0 bridgehead atoms. The molecule has 0 spiro atoms. The van der Waals surface area contributed by atoms with Crippen molar-refractivity contribution in [2.45, 2.75) is 43.9 Å². The van der Waals surface area contributed by atoms with Crippen molar-refractivity contribution in [2.75, 3.05) is 6.61 Å². The summed E-state index contributed by atoms with van der Waals surface area (Å²) in [7, 11) is 0. The maximum absolute atomic E-state index is 10.3. The lowest BCUT2D eigenvalue weighted by molar-refractivity contribution is -0.231. The van der Waals surface area contributed by atoms with E-state index < -0.39 is 37.1 Å². The molecule has 0 aliphatic carbocycles. The standard InChI is InChI=1S/C21H24ClNO5/c1-11(23)13-4-2-12(3-5-13)8-15-9-14(6-7-16(15)22)21-20(27)19(26)18(25)17(10-24)28-21/h2-7,9,17-21,23-27H,8,10H2,1H3/t17-,18-,19+,20-,21+/m1/s1. The zero-order chi connectivity index (χ0) is 20.4. The van der Waals surface area contributed by atoms with Crippen LogP contribution in [0.5, 0.6) is 0 Å². The number of rotatable bonds is 5. The molecule has 6 nitrogen and oxygen atoms in total. The molecule has 1 aliphatic heterocycles. The third-order valence-electron chi connectivity index (χ3n) is 5.07. The second-order valence-corrected chi connectivity index (χ2v) is 7.51. The molecule has 0 radical (unpaired) electrons. The molecule has 0 saturated carbocycles. The van der Waals surface area contributed by atoms with E-state index in [4.69, 9.17) is 21.7 Å². The van der Waals surface area contributed by atoms with Crippen LogP contribution in [0.2, 0.25) is 5.02 Å². The summed E-state index contributed by atoms with van der Waals surface area (Å²) < 4.78 is 5.63. The maximum Gasteiger partial charge on any atom is 0.113 e. The molecule has 1 heterocycles. The second kappa shape index (κ2) is 8.69. The van der Waals surface area contributed by atoms with Crippen LogP contribution in [0.4, 0.5) is 0 Å². The van der Waals surface area contributed by atoms with Gasteiger partial charge in [0.25, 0.3) is 0 Å². The molecule has 150 valence electrons. The Morgan fingerprint density at radius 1 is 1.04 bits per heavy atom. The summed E-state index contributed by atoms with van der Waals surface area (Å²) in [6.07, 6.45) is -5.46. The molecule has 5 N–H and O–H groups in total. The van der Waals surface area contributed by atoms with Crippen LogP contribution >= 0.6 is 11.6 Å². The second-order valence-electron chi connectivity index (χ2n) is 7.10. The fraction of sp³-hybridized carbons (Fsp3) is 0.381. The van der Waals surface area contributed by atoms with Crippen LogP contribution in [0.15, 0.2) is 42.5 Å². The van der Waals surface area contributed by atoms with Gasteiger partial charge in [0, 0.05) is 10.7 Å². The van der Waals surface area contributed by atoms with Crippen LogP contribution in [-0.2, 0) is 11.2 Å². The SMILES string of the molecule is CC(=N)c1ccc(Cc2cc([C@@H]3O[C@H](CO)[C@@H](O)[C@H](O)[C@H]3O)ccc2Cl)cc1. The van der Waals surface area contributed by atoms with Crippen molar-refractivity contribution in [1.29, 1.82) is 5.41 Å². The zero-order valence-corrected chi connectivity index (χ0v) is 16.2. The van der Waals surface area contributed by atoms with Crippen molar-refractivity contribution in [1.82, 2.24) is 0 Å². The Bertz CT molecular complexity index is 839. The number of nitrogens with one attached hydrogen (secondary N) is 1. The number of aliphatic hydroxyl groups is 4. The lowest BCUT2D eigenvalue weighted by Crippen LogP contribution is -2.55. The number of hydrogen-bond acceptors (Lipinski definition) is 6. The highest BCUT2D eigenvalue weighted by atomic mass is 35.5. The molecule has 1 aliphatic rings. The summed E-state index contributed by atoms with van der Waals surface area (Å²) in [6, 6.07) is 12.8. The van der Waals surface area contributed by atoms with Gasteiger partial charge in [0.05, 0.1) is 6.61 Å². The van der Waals surface area contributed by atoms with Gasteiger partial charge in [-0.05, 0) is 41.7 Å². The van der Waals surface area contributed by atoms with Gasteiger partial charge in [-0.1, -0.05) is 48.0 Å². The molecular formula is C21H24ClNO5. The first-order chi connectivity index (χ1) is 13.3. The van der Waals surface area contributed by atoms with Gasteiger partial charge in [0.2, 0.25) is 0 Å². The van der Waals surface area contributed by atoms with Gasteiger partial charge in [-0.2, -0.15) is 0 Å². The van der Waals surface area contributed by atoms with Crippen LogP contribution in [0.3, 0.4) is 0 Å². The summed E-state index contributed by atoms with van der Waals surface area (Å²) >= 11 is 6.34. The predicted octanol–water partition coefficient (Wildman–Crippen LogP) is 1.83. The molecule has 1 fully saturated rings. The van der Waals surface area contributed by atoms with Crippen LogP contribution in [0.25, 0.3) is 0 Å². The smallest absolute Gasteiger partial charge is 0.113 e. The summed E-state index contributed by atoms with van der Waals surface area (Å²) in [5, 5.41) is 47.9. The number of halogens is 1. The fourth-order valence-electron chi connectivity index (χ4n) is 3.38. The van der Waals surface area contributed by atoms with Gasteiger partial charge in [-0.15, -0.1) is 0 Å². The normalized spacial score (nSPS) is 27.6. The van der Waals surface area contributed by atoms with E-state index in [0.717, 1.165) is 16.7 Å².